The Balaban J connectivity index is 2.17. The van der Waals surface area contributed by atoms with Gasteiger partial charge in [-0.25, -0.2) is 0 Å². The number of hydrogen-bond acceptors (Lipinski definition) is 0. The molecule has 0 aromatic rings. The summed E-state index contributed by atoms with van der Waals surface area (Å²) in [4.78, 5) is 0. The lowest BCUT2D eigenvalue weighted by molar-refractivity contribution is 1.09. The predicted molar refractivity (Wildman–Crippen MR) is 62.5 cm³/mol. The van der Waals surface area contributed by atoms with Crippen LogP contribution in [0.2, 0.25) is 0 Å². The van der Waals surface area contributed by atoms with Crippen molar-refractivity contribution in [3.8, 4) is 0 Å². The molecule has 1 atom stereocenters. The SMILES string of the molecule is CC=C1C=CC=C1C(Cl)C1=CC=CC1. The highest BCUT2D eigenvalue weighted by Gasteiger charge is 2.19. The van der Waals surface area contributed by atoms with Crippen molar-refractivity contribution in [3.63, 3.8) is 0 Å². The van der Waals surface area contributed by atoms with Crippen molar-refractivity contribution < 1.29 is 0 Å². The first-order valence-corrected chi connectivity index (χ1v) is 5.31. The fraction of sp³-hybridized carbons (Fsp3) is 0.231. The molecule has 0 nitrogen and oxygen atoms in total. The molecule has 0 saturated heterocycles. The third kappa shape index (κ3) is 1.62. The normalized spacial score (nSPS) is 24.3. The zero-order chi connectivity index (χ0) is 9.97. The standard InChI is InChI=1S/C13H13Cl/c1-2-10-8-5-9-12(10)13(14)11-6-3-4-7-11/h2-6,8-9,13H,7H2,1H3. The van der Waals surface area contributed by atoms with Crippen LogP contribution in [0.15, 0.2) is 59.3 Å². The smallest absolute Gasteiger partial charge is 0.0807 e. The molecule has 0 heterocycles. The third-order valence-electron chi connectivity index (χ3n) is 2.59. The minimum absolute atomic E-state index is 0.0335. The summed E-state index contributed by atoms with van der Waals surface area (Å²) in [7, 11) is 0. The number of halogens is 1. The molecule has 72 valence electrons. The molecule has 2 rings (SSSR count). The monoisotopic (exact) mass is 204 g/mol. The van der Waals surface area contributed by atoms with Crippen LogP contribution in [0.5, 0.6) is 0 Å². The summed E-state index contributed by atoms with van der Waals surface area (Å²) >= 11 is 6.41. The number of rotatable bonds is 2. The summed E-state index contributed by atoms with van der Waals surface area (Å²) in [6.45, 7) is 2.05. The van der Waals surface area contributed by atoms with Crippen molar-refractivity contribution in [1.82, 2.24) is 0 Å². The van der Waals surface area contributed by atoms with E-state index in [0.717, 1.165) is 6.42 Å². The average Bonchev–Trinajstić information content (AvgIpc) is 2.87. The summed E-state index contributed by atoms with van der Waals surface area (Å²) in [6.07, 6.45) is 15.7. The van der Waals surface area contributed by atoms with E-state index in [0.29, 0.717) is 0 Å². The van der Waals surface area contributed by atoms with Gasteiger partial charge >= 0.3 is 0 Å². The molecule has 14 heavy (non-hydrogen) atoms. The van der Waals surface area contributed by atoms with Gasteiger partial charge in [0.25, 0.3) is 0 Å². The molecular weight excluding hydrogens is 192 g/mol. The van der Waals surface area contributed by atoms with Crippen molar-refractivity contribution in [1.29, 1.82) is 0 Å². The van der Waals surface area contributed by atoms with Gasteiger partial charge in [-0.3, -0.25) is 0 Å². The Kier molecular flexibility index (Phi) is 2.74. The average molecular weight is 205 g/mol. The van der Waals surface area contributed by atoms with E-state index in [9.17, 15) is 0 Å². The minimum Gasteiger partial charge on any atom is -0.113 e. The number of hydrogen-bond donors (Lipinski definition) is 0. The first kappa shape index (κ1) is 9.54. The second kappa shape index (κ2) is 4.02. The molecule has 0 N–H and O–H groups in total. The molecular formula is C13H13Cl. The van der Waals surface area contributed by atoms with Gasteiger partial charge in [0.2, 0.25) is 0 Å². The van der Waals surface area contributed by atoms with Gasteiger partial charge in [-0.15, -0.1) is 11.6 Å². The lowest BCUT2D eigenvalue weighted by atomic mass is 9.99. The van der Waals surface area contributed by atoms with E-state index in [1.807, 2.05) is 6.92 Å². The molecule has 0 bridgehead atoms. The fourth-order valence-corrected chi connectivity index (χ4v) is 2.15. The summed E-state index contributed by atoms with van der Waals surface area (Å²) in [5.41, 5.74) is 3.77. The molecule has 0 amide bonds. The van der Waals surface area contributed by atoms with Crippen LogP contribution in [-0.2, 0) is 0 Å². The van der Waals surface area contributed by atoms with Crippen LogP contribution in [0.25, 0.3) is 0 Å². The van der Waals surface area contributed by atoms with Gasteiger partial charge in [-0.2, -0.15) is 0 Å². The zero-order valence-electron chi connectivity index (χ0n) is 8.20. The fourth-order valence-electron chi connectivity index (χ4n) is 1.79. The Hall–Kier alpha value is -1.01. The first-order chi connectivity index (χ1) is 6.83. The maximum atomic E-state index is 6.41. The van der Waals surface area contributed by atoms with Crippen LogP contribution in [-0.4, -0.2) is 5.38 Å². The van der Waals surface area contributed by atoms with Gasteiger partial charge in [0.1, 0.15) is 0 Å². The van der Waals surface area contributed by atoms with Crippen LogP contribution >= 0.6 is 11.6 Å². The zero-order valence-corrected chi connectivity index (χ0v) is 8.96. The van der Waals surface area contributed by atoms with E-state index < -0.39 is 0 Å². The Morgan fingerprint density at radius 2 is 2.21 bits per heavy atom. The topological polar surface area (TPSA) is 0 Å². The van der Waals surface area contributed by atoms with E-state index in [2.05, 4.69) is 42.5 Å². The maximum absolute atomic E-state index is 6.41. The highest BCUT2D eigenvalue weighted by atomic mass is 35.5. The van der Waals surface area contributed by atoms with Gasteiger partial charge < -0.3 is 0 Å². The molecule has 0 radical (unpaired) electrons. The van der Waals surface area contributed by atoms with Crippen molar-refractivity contribution >= 4 is 11.6 Å². The van der Waals surface area contributed by atoms with Crippen molar-refractivity contribution in [2.24, 2.45) is 0 Å². The Morgan fingerprint density at radius 3 is 2.86 bits per heavy atom. The highest BCUT2D eigenvalue weighted by Crippen LogP contribution is 2.32. The van der Waals surface area contributed by atoms with Crippen molar-refractivity contribution in [2.45, 2.75) is 18.7 Å². The van der Waals surface area contributed by atoms with Crippen LogP contribution in [0.3, 0.4) is 0 Å². The quantitative estimate of drug-likeness (QED) is 0.598. The Morgan fingerprint density at radius 1 is 1.36 bits per heavy atom. The van der Waals surface area contributed by atoms with Gasteiger partial charge in [0.15, 0.2) is 0 Å². The summed E-state index contributed by atoms with van der Waals surface area (Å²) in [5.74, 6) is 0. The van der Waals surface area contributed by atoms with Crippen molar-refractivity contribution in [2.75, 3.05) is 0 Å². The number of alkyl halides is 1. The van der Waals surface area contributed by atoms with Crippen molar-refractivity contribution in [3.05, 3.63) is 59.3 Å². The maximum Gasteiger partial charge on any atom is 0.0807 e. The summed E-state index contributed by atoms with van der Waals surface area (Å²) in [6, 6.07) is 0. The molecule has 1 unspecified atom stereocenters. The van der Waals surface area contributed by atoms with E-state index in [-0.39, 0.29) is 5.38 Å². The van der Waals surface area contributed by atoms with Gasteiger partial charge in [0.05, 0.1) is 5.38 Å². The summed E-state index contributed by atoms with van der Waals surface area (Å²) < 4.78 is 0. The second-order valence-corrected chi connectivity index (χ2v) is 3.90. The van der Waals surface area contributed by atoms with Crippen LogP contribution in [0.4, 0.5) is 0 Å². The molecule has 0 saturated carbocycles. The Labute approximate surface area is 90.0 Å². The van der Waals surface area contributed by atoms with Crippen LogP contribution in [0.1, 0.15) is 13.3 Å². The molecule has 0 spiro atoms. The minimum atomic E-state index is 0.0335. The molecule has 0 aromatic carbocycles. The Bertz CT molecular complexity index is 378. The molecule has 0 aliphatic heterocycles. The van der Waals surface area contributed by atoms with Crippen LogP contribution < -0.4 is 0 Å². The first-order valence-electron chi connectivity index (χ1n) is 4.87. The molecule has 1 heteroatoms. The van der Waals surface area contributed by atoms with Gasteiger partial charge in [-0.05, 0) is 30.1 Å². The van der Waals surface area contributed by atoms with E-state index >= 15 is 0 Å². The van der Waals surface area contributed by atoms with Gasteiger partial charge in [0, 0.05) is 0 Å². The molecule has 0 aromatic heterocycles. The summed E-state index contributed by atoms with van der Waals surface area (Å²) in [5, 5.41) is 0.0335. The lowest BCUT2D eigenvalue weighted by Gasteiger charge is -2.13. The third-order valence-corrected chi connectivity index (χ3v) is 3.11. The van der Waals surface area contributed by atoms with Crippen LogP contribution in [0, 0.1) is 0 Å². The highest BCUT2D eigenvalue weighted by molar-refractivity contribution is 6.25. The molecule has 2 aliphatic carbocycles. The van der Waals surface area contributed by atoms with Gasteiger partial charge in [-0.1, -0.05) is 42.5 Å². The van der Waals surface area contributed by atoms with E-state index in [1.165, 1.54) is 16.7 Å². The molecule has 2 aliphatic rings. The number of allylic oxidation sites excluding steroid dienone is 10. The molecule has 0 fully saturated rings. The largest absolute Gasteiger partial charge is 0.113 e. The van der Waals surface area contributed by atoms with E-state index in [4.69, 9.17) is 11.6 Å². The van der Waals surface area contributed by atoms with E-state index in [1.54, 1.807) is 0 Å². The second-order valence-electron chi connectivity index (χ2n) is 3.46. The lowest BCUT2D eigenvalue weighted by Crippen LogP contribution is -2.05. The predicted octanol–water partition coefficient (Wildman–Crippen LogP) is 3.92.